The molecule has 5 aliphatic rings. The second-order valence-electron chi connectivity index (χ2n) is 21.0. The summed E-state index contributed by atoms with van der Waals surface area (Å²) in [6, 6.07) is 9.60. The summed E-state index contributed by atoms with van der Waals surface area (Å²) in [7, 11) is 2.09. The van der Waals surface area contributed by atoms with E-state index in [2.05, 4.69) is 73.7 Å². The Balaban J connectivity index is 1.24. The van der Waals surface area contributed by atoms with Crippen molar-refractivity contribution in [1.29, 1.82) is 0 Å². The summed E-state index contributed by atoms with van der Waals surface area (Å²) >= 11 is 6.26. The van der Waals surface area contributed by atoms with Crippen LogP contribution >= 0.6 is 11.6 Å². The number of allylic oxidation sites excluding steroid dienone is 3. The third-order valence-electron chi connectivity index (χ3n) is 17.5. The van der Waals surface area contributed by atoms with Crippen molar-refractivity contribution < 1.29 is 14.6 Å². The zero-order valence-corrected chi connectivity index (χ0v) is 35.9. The second-order valence-corrected chi connectivity index (χ2v) is 21.4. The molecule has 1 N–H and O–H groups in total. The summed E-state index contributed by atoms with van der Waals surface area (Å²) in [6.45, 7) is 28.0. The van der Waals surface area contributed by atoms with Crippen molar-refractivity contribution in [3.8, 4) is 5.69 Å². The highest BCUT2D eigenvalue weighted by Gasteiger charge is 2.73. The Labute approximate surface area is 329 Å². The quantitative estimate of drug-likeness (QED) is 0.215. The fourth-order valence-electron chi connectivity index (χ4n) is 14.5. The summed E-state index contributed by atoms with van der Waals surface area (Å²) in [5, 5.41) is 10.4. The largest absolute Gasteiger partial charge is 0.495 e. The van der Waals surface area contributed by atoms with Crippen molar-refractivity contribution in [2.75, 3.05) is 0 Å². The van der Waals surface area contributed by atoms with E-state index in [4.69, 9.17) is 16.3 Å². The fourth-order valence-corrected chi connectivity index (χ4v) is 14.6. The van der Waals surface area contributed by atoms with E-state index in [1.807, 2.05) is 35.0 Å². The van der Waals surface area contributed by atoms with Crippen LogP contribution in [0.5, 0.6) is 0 Å². The highest BCUT2D eigenvalue weighted by Crippen LogP contribution is 2.80. The monoisotopic (exact) mass is 758 g/mol. The minimum atomic E-state index is -0.904. The Morgan fingerprint density at radius 2 is 1.61 bits per heavy atom. The first-order valence-electron chi connectivity index (χ1n) is 20.9. The molecular formula is C47H67ClN2O4. The Hall–Kier alpha value is -2.73. The minimum absolute atomic E-state index is 0.0126. The minimum Gasteiger partial charge on any atom is -0.495 e. The topological polar surface area (TPSA) is 73.5 Å². The number of rotatable bonds is 8. The van der Waals surface area contributed by atoms with Gasteiger partial charge in [0.2, 0.25) is 0 Å². The van der Waals surface area contributed by atoms with E-state index >= 15 is 0 Å². The molecule has 296 valence electrons. The van der Waals surface area contributed by atoms with Gasteiger partial charge >= 0.3 is 5.97 Å². The Morgan fingerprint density at radius 3 is 2.24 bits per heavy atom. The van der Waals surface area contributed by atoms with Crippen molar-refractivity contribution in [3.05, 3.63) is 74.9 Å². The third kappa shape index (κ3) is 5.29. The molecule has 4 fully saturated rings. The van der Waals surface area contributed by atoms with Gasteiger partial charge in [-0.05, 0) is 142 Å². The molecule has 8 atom stereocenters. The van der Waals surface area contributed by atoms with Gasteiger partial charge in [0, 0.05) is 35.4 Å². The van der Waals surface area contributed by atoms with Crippen LogP contribution in [-0.2, 0) is 22.0 Å². The van der Waals surface area contributed by atoms with Gasteiger partial charge < -0.3 is 9.84 Å². The standard InChI is InChI=1S/C47H67ClN2O4/c1-29(2)33-17-24-47(36-27-38(51)50(49(36)12)32-15-13-31(48)14-16-32)26-25-46(11)44(9)22-18-34-42(6,7)37(54-30(3)28-41(4,5)40(52)53)20-21-43(34,8)35(44)19-23-45(46,10)39(33)47/h13-16,27,29,34-35,37H,3,17-26,28H2,1-2,4-12H3,(H,52,53)/t34-,35+,37-,43?,44?,45?,46-,47?/m0/s1. The maximum atomic E-state index is 13.9. The number of nitrogens with zero attached hydrogens (tertiary/aromatic N) is 2. The average molecular weight is 760 g/mol. The van der Waals surface area contributed by atoms with E-state index in [0.29, 0.717) is 35.0 Å². The fraction of sp³-hybridized carbons (Fsp3) is 0.702. The van der Waals surface area contributed by atoms with E-state index in [-0.39, 0.29) is 44.2 Å². The Bertz CT molecular complexity index is 1950. The van der Waals surface area contributed by atoms with Gasteiger partial charge in [-0.25, -0.2) is 4.68 Å². The molecular weight excluding hydrogens is 692 g/mol. The lowest BCUT2D eigenvalue weighted by Crippen LogP contribution is -2.68. The number of fused-ring (bicyclic) bond motifs is 7. The van der Waals surface area contributed by atoms with E-state index in [9.17, 15) is 14.7 Å². The number of aliphatic carboxylic acids is 1. The molecule has 0 amide bonds. The molecule has 4 saturated carbocycles. The van der Waals surface area contributed by atoms with Crippen molar-refractivity contribution in [1.82, 2.24) is 9.36 Å². The Kier molecular flexibility index (Phi) is 9.24. The summed E-state index contributed by atoms with van der Waals surface area (Å²) in [5.41, 5.74) is 4.71. The zero-order valence-electron chi connectivity index (χ0n) is 35.1. The van der Waals surface area contributed by atoms with Gasteiger partial charge in [-0.1, -0.05) is 84.7 Å². The molecule has 6 nitrogen and oxygen atoms in total. The van der Waals surface area contributed by atoms with Crippen LogP contribution in [0.25, 0.3) is 5.69 Å². The van der Waals surface area contributed by atoms with Crippen LogP contribution in [0.2, 0.25) is 5.02 Å². The van der Waals surface area contributed by atoms with Crippen LogP contribution in [0.3, 0.4) is 0 Å². The molecule has 0 spiro atoms. The molecule has 7 heteroatoms. The number of ether oxygens (including phenoxy) is 1. The summed E-state index contributed by atoms with van der Waals surface area (Å²) < 4.78 is 10.7. The maximum Gasteiger partial charge on any atom is 0.309 e. The number of carboxylic acids is 1. The number of carboxylic acid groups (broad SMARTS) is 1. The molecule has 0 bridgehead atoms. The molecule has 4 unspecified atom stereocenters. The Morgan fingerprint density at radius 1 is 0.963 bits per heavy atom. The molecule has 0 saturated heterocycles. The highest BCUT2D eigenvalue weighted by molar-refractivity contribution is 6.30. The lowest BCUT2D eigenvalue weighted by molar-refractivity contribution is -0.246. The first-order valence-corrected chi connectivity index (χ1v) is 21.3. The molecule has 0 radical (unpaired) electrons. The van der Waals surface area contributed by atoms with E-state index < -0.39 is 11.4 Å². The molecule has 54 heavy (non-hydrogen) atoms. The number of hydrogen-bond acceptors (Lipinski definition) is 3. The van der Waals surface area contributed by atoms with Crippen LogP contribution in [0.1, 0.15) is 146 Å². The number of benzene rings is 1. The molecule has 1 aromatic heterocycles. The van der Waals surface area contributed by atoms with Crippen molar-refractivity contribution in [2.24, 2.45) is 57.3 Å². The van der Waals surface area contributed by atoms with Gasteiger partial charge in [-0.3, -0.25) is 14.3 Å². The highest BCUT2D eigenvalue weighted by atomic mass is 35.5. The predicted octanol–water partition coefficient (Wildman–Crippen LogP) is 11.7. The molecule has 2 aromatic rings. The van der Waals surface area contributed by atoms with Gasteiger partial charge in [0.25, 0.3) is 5.56 Å². The lowest BCUT2D eigenvalue weighted by atomic mass is 9.30. The number of aromatic nitrogens is 2. The van der Waals surface area contributed by atoms with Crippen molar-refractivity contribution >= 4 is 17.6 Å². The lowest BCUT2D eigenvalue weighted by Gasteiger charge is -2.75. The predicted molar refractivity (Wildman–Crippen MR) is 219 cm³/mol. The van der Waals surface area contributed by atoms with Crippen molar-refractivity contribution in [2.45, 2.75) is 151 Å². The van der Waals surface area contributed by atoms with Gasteiger partial charge in [0.15, 0.2) is 0 Å². The van der Waals surface area contributed by atoms with Crippen molar-refractivity contribution in [3.63, 3.8) is 0 Å². The number of halogens is 1. The first kappa shape index (κ1) is 39.5. The van der Waals surface area contributed by atoms with Crippen LogP contribution in [0.4, 0.5) is 0 Å². The normalized spacial score (nSPS) is 37.3. The van der Waals surface area contributed by atoms with Crippen LogP contribution < -0.4 is 5.56 Å². The zero-order chi connectivity index (χ0) is 39.6. The van der Waals surface area contributed by atoms with E-state index in [1.54, 1.807) is 25.0 Å². The van der Waals surface area contributed by atoms with Gasteiger partial charge in [0.1, 0.15) is 6.10 Å². The molecule has 1 aromatic carbocycles. The molecule has 1 heterocycles. The molecule has 5 aliphatic carbocycles. The summed E-state index contributed by atoms with van der Waals surface area (Å²) in [6.07, 6.45) is 11.6. The SMILES string of the molecule is C=C(CC(C)(C)C(=O)O)O[C@H]1CCC2(C)[C@H]3CCC4(C)C5=C(C(C)C)CCC5(c5cc(=O)n(-c6ccc(Cl)cc6)n5C)CC[C@@]4(C)C3(C)CC[C@H]2C1(C)C. The van der Waals surface area contributed by atoms with Gasteiger partial charge in [0.05, 0.1) is 22.6 Å². The van der Waals surface area contributed by atoms with E-state index in [1.165, 1.54) is 31.4 Å². The van der Waals surface area contributed by atoms with Crippen LogP contribution in [-0.4, -0.2) is 26.5 Å². The van der Waals surface area contributed by atoms with E-state index in [0.717, 1.165) is 44.2 Å². The second kappa shape index (κ2) is 12.6. The average Bonchev–Trinajstić information content (AvgIpc) is 3.62. The summed E-state index contributed by atoms with van der Waals surface area (Å²) in [5.74, 6) is 1.35. The maximum absolute atomic E-state index is 13.9. The smallest absolute Gasteiger partial charge is 0.309 e. The molecule has 0 aliphatic heterocycles. The first-order chi connectivity index (χ1) is 25.0. The van der Waals surface area contributed by atoms with Gasteiger partial charge in [-0.15, -0.1) is 0 Å². The van der Waals surface area contributed by atoms with Crippen LogP contribution in [0, 0.1) is 50.2 Å². The third-order valence-corrected chi connectivity index (χ3v) is 17.8. The molecule has 7 rings (SSSR count). The number of hydrogen-bond donors (Lipinski definition) is 1. The number of carbonyl (C=O) groups is 1. The van der Waals surface area contributed by atoms with Gasteiger partial charge in [-0.2, -0.15) is 0 Å². The summed E-state index contributed by atoms with van der Waals surface area (Å²) in [4.78, 5) is 25.8. The van der Waals surface area contributed by atoms with Crippen LogP contribution in [0.15, 0.2) is 58.6 Å².